The van der Waals surface area contributed by atoms with E-state index in [1.807, 2.05) is 0 Å². The average Bonchev–Trinajstić information content (AvgIpc) is 2.52. The maximum atomic E-state index is 3.64. The van der Waals surface area contributed by atoms with Crippen LogP contribution in [0, 0.1) is 5.92 Å². The van der Waals surface area contributed by atoms with Crippen molar-refractivity contribution >= 4 is 0 Å². The molecule has 2 nitrogen and oxygen atoms in total. The van der Waals surface area contributed by atoms with Crippen molar-refractivity contribution in [3.05, 3.63) is 0 Å². The normalized spacial score (nSPS) is 35.8. The molecule has 1 heterocycles. The highest BCUT2D eigenvalue weighted by Gasteiger charge is 2.31. The minimum absolute atomic E-state index is 0.734. The van der Waals surface area contributed by atoms with Gasteiger partial charge in [-0.3, -0.25) is 5.32 Å². The number of hydrogen-bond donors (Lipinski definition) is 2. The van der Waals surface area contributed by atoms with Crippen LogP contribution in [0.15, 0.2) is 0 Å². The summed E-state index contributed by atoms with van der Waals surface area (Å²) in [5.41, 5.74) is 0. The summed E-state index contributed by atoms with van der Waals surface area (Å²) in [6.07, 6.45) is 10.0. The molecule has 1 aliphatic heterocycles. The molecule has 0 aromatic carbocycles. The van der Waals surface area contributed by atoms with Crippen LogP contribution in [0.1, 0.15) is 51.9 Å². The van der Waals surface area contributed by atoms with E-state index >= 15 is 0 Å². The molecule has 0 aromatic heterocycles. The monoisotopic (exact) mass is 196 g/mol. The molecule has 2 rings (SSSR count). The largest absolute Gasteiger partial charge is 0.300 e. The fourth-order valence-electron chi connectivity index (χ4n) is 3.14. The summed E-state index contributed by atoms with van der Waals surface area (Å²) in [6.45, 7) is 3.33. The van der Waals surface area contributed by atoms with Gasteiger partial charge in [0.05, 0.1) is 0 Å². The quantitative estimate of drug-likeness (QED) is 0.662. The van der Waals surface area contributed by atoms with Gasteiger partial charge < -0.3 is 5.32 Å². The highest BCUT2D eigenvalue weighted by Crippen LogP contribution is 2.28. The van der Waals surface area contributed by atoms with E-state index in [9.17, 15) is 0 Å². The molecule has 2 atom stereocenters. The van der Waals surface area contributed by atoms with E-state index < -0.39 is 0 Å². The molecule has 1 saturated carbocycles. The standard InChI is InChI=1S/C12H24N2/c1-2-11-12(14-9-13-11)10-7-5-3-4-6-8-10/h10-14H,2-9H2,1H3. The van der Waals surface area contributed by atoms with Crippen molar-refractivity contribution in [2.24, 2.45) is 5.92 Å². The predicted octanol–water partition coefficient (Wildman–Crippen LogP) is 2.25. The second kappa shape index (κ2) is 5.13. The summed E-state index contributed by atoms with van der Waals surface area (Å²) in [4.78, 5) is 0. The maximum Gasteiger partial charge on any atom is 0.0459 e. The van der Waals surface area contributed by atoms with Crippen molar-refractivity contribution in [2.45, 2.75) is 64.0 Å². The minimum atomic E-state index is 0.734. The van der Waals surface area contributed by atoms with E-state index in [1.54, 1.807) is 0 Å². The lowest BCUT2D eigenvalue weighted by molar-refractivity contribution is 0.315. The zero-order chi connectivity index (χ0) is 9.80. The first-order valence-electron chi connectivity index (χ1n) is 6.38. The van der Waals surface area contributed by atoms with Gasteiger partial charge in [0.15, 0.2) is 0 Å². The second-order valence-corrected chi connectivity index (χ2v) is 4.88. The van der Waals surface area contributed by atoms with Gasteiger partial charge in [-0.15, -0.1) is 0 Å². The predicted molar refractivity (Wildman–Crippen MR) is 60.2 cm³/mol. The van der Waals surface area contributed by atoms with Gasteiger partial charge in [-0.2, -0.15) is 0 Å². The Morgan fingerprint density at radius 2 is 1.71 bits per heavy atom. The molecule has 1 saturated heterocycles. The molecule has 0 spiro atoms. The van der Waals surface area contributed by atoms with Crippen LogP contribution < -0.4 is 10.6 Å². The third-order valence-corrected chi connectivity index (χ3v) is 3.98. The molecular formula is C12H24N2. The van der Waals surface area contributed by atoms with E-state index in [-0.39, 0.29) is 0 Å². The Kier molecular flexibility index (Phi) is 3.82. The third kappa shape index (κ3) is 2.29. The lowest BCUT2D eigenvalue weighted by Gasteiger charge is -2.26. The molecule has 2 unspecified atom stereocenters. The maximum absolute atomic E-state index is 3.64. The van der Waals surface area contributed by atoms with Crippen LogP contribution in [0.4, 0.5) is 0 Å². The summed E-state index contributed by atoms with van der Waals surface area (Å²) in [7, 11) is 0. The summed E-state index contributed by atoms with van der Waals surface area (Å²) < 4.78 is 0. The van der Waals surface area contributed by atoms with Crippen LogP contribution in [0.25, 0.3) is 0 Å². The molecule has 0 bridgehead atoms. The van der Waals surface area contributed by atoms with Crippen LogP contribution in [0.5, 0.6) is 0 Å². The minimum Gasteiger partial charge on any atom is -0.300 e. The topological polar surface area (TPSA) is 24.1 Å². The van der Waals surface area contributed by atoms with Gasteiger partial charge in [0, 0.05) is 18.8 Å². The second-order valence-electron chi connectivity index (χ2n) is 4.88. The molecule has 0 aromatic rings. The van der Waals surface area contributed by atoms with Gasteiger partial charge in [0.2, 0.25) is 0 Å². The third-order valence-electron chi connectivity index (χ3n) is 3.98. The number of nitrogens with one attached hydrogen (secondary N) is 2. The molecular weight excluding hydrogens is 172 g/mol. The van der Waals surface area contributed by atoms with Crippen molar-refractivity contribution in [1.29, 1.82) is 0 Å². The number of hydrogen-bond acceptors (Lipinski definition) is 2. The SMILES string of the molecule is CCC1NCNC1C1CCCCCC1. The molecule has 2 N–H and O–H groups in total. The fraction of sp³-hybridized carbons (Fsp3) is 1.00. The lowest BCUT2D eigenvalue weighted by Crippen LogP contribution is -2.39. The molecule has 2 fully saturated rings. The van der Waals surface area contributed by atoms with E-state index in [2.05, 4.69) is 17.6 Å². The van der Waals surface area contributed by atoms with Crippen molar-refractivity contribution in [2.75, 3.05) is 6.67 Å². The zero-order valence-electron chi connectivity index (χ0n) is 9.39. The Morgan fingerprint density at radius 1 is 1.00 bits per heavy atom. The first-order chi connectivity index (χ1) is 6.92. The van der Waals surface area contributed by atoms with Gasteiger partial charge in [-0.1, -0.05) is 32.6 Å². The van der Waals surface area contributed by atoms with Gasteiger partial charge in [0.1, 0.15) is 0 Å². The molecule has 0 radical (unpaired) electrons. The Bertz CT molecular complexity index is 162. The molecule has 14 heavy (non-hydrogen) atoms. The molecule has 0 amide bonds. The smallest absolute Gasteiger partial charge is 0.0459 e. The van der Waals surface area contributed by atoms with E-state index in [4.69, 9.17) is 0 Å². The average molecular weight is 196 g/mol. The Labute approximate surface area is 87.8 Å². The highest BCUT2D eigenvalue weighted by molar-refractivity contribution is 4.91. The van der Waals surface area contributed by atoms with Gasteiger partial charge in [-0.05, 0) is 25.2 Å². The Balaban J connectivity index is 1.91. The number of rotatable bonds is 2. The van der Waals surface area contributed by atoms with Gasteiger partial charge in [-0.25, -0.2) is 0 Å². The Hall–Kier alpha value is -0.0800. The van der Waals surface area contributed by atoms with E-state index in [0.717, 1.165) is 24.7 Å². The van der Waals surface area contributed by atoms with E-state index in [0.29, 0.717) is 0 Å². The highest BCUT2D eigenvalue weighted by atomic mass is 15.2. The van der Waals surface area contributed by atoms with Crippen LogP contribution in [-0.4, -0.2) is 18.8 Å². The summed E-state index contributed by atoms with van der Waals surface area (Å²) in [5.74, 6) is 0.942. The van der Waals surface area contributed by atoms with Gasteiger partial charge in [0.25, 0.3) is 0 Å². The first-order valence-corrected chi connectivity index (χ1v) is 6.38. The van der Waals surface area contributed by atoms with Crippen LogP contribution in [0.2, 0.25) is 0 Å². The first kappa shape index (κ1) is 10.4. The van der Waals surface area contributed by atoms with Crippen LogP contribution in [-0.2, 0) is 0 Å². The Morgan fingerprint density at radius 3 is 2.36 bits per heavy atom. The van der Waals surface area contributed by atoms with Crippen molar-refractivity contribution in [3.8, 4) is 0 Å². The lowest BCUT2D eigenvalue weighted by atomic mass is 9.87. The summed E-state index contributed by atoms with van der Waals surface area (Å²) in [5, 5.41) is 7.21. The fourth-order valence-corrected chi connectivity index (χ4v) is 3.14. The van der Waals surface area contributed by atoms with Crippen LogP contribution in [0.3, 0.4) is 0 Å². The van der Waals surface area contributed by atoms with Crippen LogP contribution >= 0.6 is 0 Å². The summed E-state index contributed by atoms with van der Waals surface area (Å²) in [6, 6.07) is 1.50. The van der Waals surface area contributed by atoms with Crippen molar-refractivity contribution < 1.29 is 0 Å². The van der Waals surface area contributed by atoms with E-state index in [1.165, 1.54) is 44.9 Å². The molecule has 82 valence electrons. The van der Waals surface area contributed by atoms with Crippen molar-refractivity contribution in [3.63, 3.8) is 0 Å². The zero-order valence-corrected chi connectivity index (χ0v) is 9.39. The van der Waals surface area contributed by atoms with Gasteiger partial charge >= 0.3 is 0 Å². The summed E-state index contributed by atoms with van der Waals surface area (Å²) >= 11 is 0. The van der Waals surface area contributed by atoms with Crippen molar-refractivity contribution in [1.82, 2.24) is 10.6 Å². The molecule has 1 aliphatic carbocycles. The molecule has 2 heteroatoms. The molecule has 2 aliphatic rings.